The van der Waals surface area contributed by atoms with Gasteiger partial charge in [-0.2, -0.15) is 5.10 Å². The van der Waals surface area contributed by atoms with Crippen LogP contribution in [-0.2, 0) is 4.74 Å². The number of benzene rings is 3. The van der Waals surface area contributed by atoms with Gasteiger partial charge in [-0.15, -0.1) is 0 Å². The Kier molecular flexibility index (Phi) is 7.31. The lowest BCUT2D eigenvalue weighted by Crippen LogP contribution is -2.32. The van der Waals surface area contributed by atoms with Gasteiger partial charge in [0.15, 0.2) is 5.82 Å². The lowest BCUT2D eigenvalue weighted by atomic mass is 10.1. The Hall–Kier alpha value is -4.01. The Balaban J connectivity index is 1.76. The molecule has 0 spiro atoms. The summed E-state index contributed by atoms with van der Waals surface area (Å²) >= 11 is 0. The lowest BCUT2D eigenvalue weighted by molar-refractivity contribution is 0.126. The predicted molar refractivity (Wildman–Crippen MR) is 141 cm³/mol. The van der Waals surface area contributed by atoms with E-state index in [0.29, 0.717) is 12.4 Å². The Bertz CT molecular complexity index is 1290. The first kappa shape index (κ1) is 23.2. The van der Waals surface area contributed by atoms with E-state index in [1.54, 1.807) is 7.11 Å². The zero-order chi connectivity index (χ0) is 23.9. The average molecular weight is 456 g/mol. The molecule has 4 N–H and O–H groups in total. The molecule has 1 aromatic heterocycles. The van der Waals surface area contributed by atoms with Crippen molar-refractivity contribution in [2.24, 2.45) is 5.10 Å². The van der Waals surface area contributed by atoms with Gasteiger partial charge in [0.2, 0.25) is 0 Å². The number of methoxy groups -OCH3 is 1. The molecule has 4 rings (SSSR count). The Morgan fingerprint density at radius 3 is 2.56 bits per heavy atom. The predicted octanol–water partition coefficient (Wildman–Crippen LogP) is 4.98. The number of rotatable bonds is 10. The molecule has 0 fully saturated rings. The highest BCUT2D eigenvalue weighted by Crippen LogP contribution is 2.32. The van der Waals surface area contributed by atoms with Crippen molar-refractivity contribution < 1.29 is 4.74 Å². The van der Waals surface area contributed by atoms with E-state index in [9.17, 15) is 0 Å². The van der Waals surface area contributed by atoms with Gasteiger partial charge < -0.3 is 20.7 Å². The SMILES string of the molecule is C=NNc1ccc(Nc2nc(-c3ccccc3NC(CNC)OC)nc3ccccc23)cc1C. The monoisotopic (exact) mass is 455 g/mol. The van der Waals surface area contributed by atoms with Crippen LogP contribution in [-0.4, -0.2) is 43.6 Å². The van der Waals surface area contributed by atoms with Crippen LogP contribution in [0.15, 0.2) is 71.8 Å². The summed E-state index contributed by atoms with van der Waals surface area (Å²) in [5.74, 6) is 1.35. The van der Waals surface area contributed by atoms with Crippen LogP contribution >= 0.6 is 0 Å². The van der Waals surface area contributed by atoms with Gasteiger partial charge in [-0.05, 0) is 62.0 Å². The van der Waals surface area contributed by atoms with E-state index in [2.05, 4.69) is 33.2 Å². The zero-order valence-electron chi connectivity index (χ0n) is 19.6. The molecular formula is C26H29N7O. The topological polar surface area (TPSA) is 95.5 Å². The number of para-hydroxylation sites is 2. The van der Waals surface area contributed by atoms with Crippen LogP contribution in [0.25, 0.3) is 22.3 Å². The van der Waals surface area contributed by atoms with Crippen LogP contribution in [0.3, 0.4) is 0 Å². The lowest BCUT2D eigenvalue weighted by Gasteiger charge is -2.20. The largest absolute Gasteiger partial charge is 0.360 e. The van der Waals surface area contributed by atoms with E-state index in [4.69, 9.17) is 14.7 Å². The smallest absolute Gasteiger partial charge is 0.164 e. The van der Waals surface area contributed by atoms with Gasteiger partial charge in [0.25, 0.3) is 0 Å². The molecule has 0 aliphatic heterocycles. The van der Waals surface area contributed by atoms with Crippen molar-refractivity contribution in [3.63, 3.8) is 0 Å². The number of ether oxygens (including phenoxy) is 1. The summed E-state index contributed by atoms with van der Waals surface area (Å²) < 4.78 is 5.55. The molecule has 8 nitrogen and oxygen atoms in total. The maximum absolute atomic E-state index is 5.55. The molecule has 1 atom stereocenters. The second-order valence-electron chi connectivity index (χ2n) is 7.81. The van der Waals surface area contributed by atoms with Crippen molar-refractivity contribution in [1.82, 2.24) is 15.3 Å². The van der Waals surface area contributed by atoms with Crippen molar-refractivity contribution in [3.8, 4) is 11.4 Å². The minimum absolute atomic E-state index is 0.190. The molecule has 0 aliphatic carbocycles. The number of hydrogen-bond donors (Lipinski definition) is 4. The second kappa shape index (κ2) is 10.7. The van der Waals surface area contributed by atoms with E-state index in [1.165, 1.54) is 0 Å². The average Bonchev–Trinajstić information content (AvgIpc) is 2.85. The Morgan fingerprint density at radius 2 is 1.79 bits per heavy atom. The maximum Gasteiger partial charge on any atom is 0.164 e. The fraction of sp³-hybridized carbons (Fsp3) is 0.192. The molecule has 1 heterocycles. The van der Waals surface area contributed by atoms with Gasteiger partial charge in [0, 0.05) is 42.7 Å². The van der Waals surface area contributed by atoms with Gasteiger partial charge in [0.05, 0.1) is 11.2 Å². The van der Waals surface area contributed by atoms with Gasteiger partial charge in [0.1, 0.15) is 12.0 Å². The molecule has 0 bridgehead atoms. The van der Waals surface area contributed by atoms with Crippen LogP contribution in [0.2, 0.25) is 0 Å². The van der Waals surface area contributed by atoms with E-state index in [1.807, 2.05) is 80.7 Å². The number of aromatic nitrogens is 2. The van der Waals surface area contributed by atoms with Crippen LogP contribution in [0.4, 0.5) is 22.9 Å². The third kappa shape index (κ3) is 5.14. The fourth-order valence-corrected chi connectivity index (χ4v) is 3.74. The van der Waals surface area contributed by atoms with E-state index < -0.39 is 0 Å². The number of aryl methyl sites for hydroxylation is 1. The van der Waals surface area contributed by atoms with E-state index in [-0.39, 0.29) is 6.23 Å². The van der Waals surface area contributed by atoms with Gasteiger partial charge >= 0.3 is 0 Å². The number of nitrogens with zero attached hydrogens (tertiary/aromatic N) is 3. The molecule has 174 valence electrons. The second-order valence-corrected chi connectivity index (χ2v) is 7.81. The summed E-state index contributed by atoms with van der Waals surface area (Å²) in [6.45, 7) is 6.16. The molecule has 0 amide bonds. The molecule has 4 aromatic rings. The summed E-state index contributed by atoms with van der Waals surface area (Å²) in [6, 6.07) is 21.9. The summed E-state index contributed by atoms with van der Waals surface area (Å²) in [4.78, 5) is 9.80. The van der Waals surface area contributed by atoms with Crippen LogP contribution in [0.1, 0.15) is 5.56 Å². The van der Waals surface area contributed by atoms with Gasteiger partial charge in [-0.1, -0.05) is 24.3 Å². The molecule has 0 radical (unpaired) electrons. The van der Waals surface area contributed by atoms with E-state index in [0.717, 1.165) is 44.9 Å². The third-order valence-corrected chi connectivity index (χ3v) is 5.45. The molecule has 1 unspecified atom stereocenters. The Morgan fingerprint density at radius 1 is 1.00 bits per heavy atom. The number of anilines is 4. The third-order valence-electron chi connectivity index (χ3n) is 5.45. The summed E-state index contributed by atoms with van der Waals surface area (Å²) in [5, 5.41) is 14.7. The van der Waals surface area contributed by atoms with Crippen molar-refractivity contribution in [2.75, 3.05) is 36.8 Å². The van der Waals surface area contributed by atoms with Gasteiger partial charge in [-0.3, -0.25) is 5.43 Å². The first-order valence-corrected chi connectivity index (χ1v) is 11.0. The number of likely N-dealkylation sites (N-methyl/N-ethyl adjacent to an activating group) is 1. The number of nitrogens with one attached hydrogen (secondary N) is 4. The standard InChI is InChI=1S/C26H29N7O/c1-17-15-18(13-14-21(17)33-28-3)29-25-20-10-6-8-12-23(20)31-26(32-25)19-9-5-7-11-22(19)30-24(34-4)16-27-2/h5-15,24,27,30,33H,3,16H2,1-2,4H3,(H,29,31,32). The maximum atomic E-state index is 5.55. The summed E-state index contributed by atoms with van der Waals surface area (Å²) in [7, 11) is 3.57. The molecule has 0 saturated carbocycles. The highest BCUT2D eigenvalue weighted by molar-refractivity contribution is 5.93. The minimum atomic E-state index is -0.190. The minimum Gasteiger partial charge on any atom is -0.360 e. The van der Waals surface area contributed by atoms with Crippen molar-refractivity contribution in [1.29, 1.82) is 0 Å². The van der Waals surface area contributed by atoms with Gasteiger partial charge in [-0.25, -0.2) is 9.97 Å². The van der Waals surface area contributed by atoms with Crippen LogP contribution in [0, 0.1) is 6.92 Å². The van der Waals surface area contributed by atoms with Crippen molar-refractivity contribution in [3.05, 3.63) is 72.3 Å². The molecule has 34 heavy (non-hydrogen) atoms. The number of hydrazone groups is 1. The number of fused-ring (bicyclic) bond motifs is 1. The molecule has 0 saturated heterocycles. The fourth-order valence-electron chi connectivity index (χ4n) is 3.74. The quantitative estimate of drug-likeness (QED) is 0.152. The summed E-state index contributed by atoms with van der Waals surface area (Å²) in [5.41, 5.74) is 8.41. The highest BCUT2D eigenvalue weighted by Gasteiger charge is 2.15. The molecule has 0 aliphatic rings. The molecule has 3 aromatic carbocycles. The van der Waals surface area contributed by atoms with Crippen molar-refractivity contribution in [2.45, 2.75) is 13.2 Å². The normalized spacial score (nSPS) is 11.7. The van der Waals surface area contributed by atoms with E-state index >= 15 is 0 Å². The van der Waals surface area contributed by atoms with Crippen LogP contribution < -0.4 is 21.4 Å². The molecule has 8 heteroatoms. The highest BCUT2D eigenvalue weighted by atomic mass is 16.5. The number of hydrogen-bond acceptors (Lipinski definition) is 8. The zero-order valence-corrected chi connectivity index (χ0v) is 19.6. The first-order valence-electron chi connectivity index (χ1n) is 11.0. The van der Waals surface area contributed by atoms with Crippen molar-refractivity contribution >= 4 is 40.5 Å². The van der Waals surface area contributed by atoms with Crippen LogP contribution in [0.5, 0.6) is 0 Å². The summed E-state index contributed by atoms with van der Waals surface area (Å²) in [6.07, 6.45) is -0.190. The molecular weight excluding hydrogens is 426 g/mol. The first-order chi connectivity index (χ1) is 16.6. The Labute approximate surface area is 199 Å².